The highest BCUT2D eigenvalue weighted by atomic mass is 32.1. The highest BCUT2D eigenvalue weighted by molar-refractivity contribution is 7.25. The number of thiophene rings is 1. The van der Waals surface area contributed by atoms with E-state index in [0.29, 0.717) is 34.0 Å². The molecule has 7 heteroatoms. The van der Waals surface area contributed by atoms with Crippen LogP contribution in [-0.2, 0) is 0 Å². The van der Waals surface area contributed by atoms with Crippen molar-refractivity contribution in [1.29, 1.82) is 5.26 Å². The van der Waals surface area contributed by atoms with E-state index < -0.39 is 0 Å². The Labute approximate surface area is 353 Å². The summed E-state index contributed by atoms with van der Waals surface area (Å²) in [4.78, 5) is 14.4. The van der Waals surface area contributed by atoms with Crippen LogP contribution < -0.4 is 0 Å². The van der Waals surface area contributed by atoms with Crippen molar-refractivity contribution in [1.82, 2.24) is 19.1 Å². The zero-order valence-corrected chi connectivity index (χ0v) is 33.2. The fourth-order valence-corrected chi connectivity index (χ4v) is 10.3. The molecule has 6 nitrogen and oxygen atoms in total. The first-order valence-corrected chi connectivity index (χ1v) is 20.8. The number of rotatable bonds is 5. The van der Waals surface area contributed by atoms with Crippen LogP contribution in [-0.4, -0.2) is 19.1 Å². The number of aromatic nitrogens is 4. The summed E-state index contributed by atoms with van der Waals surface area (Å²) in [6.07, 6.45) is 0. The van der Waals surface area contributed by atoms with Crippen LogP contribution in [0.5, 0.6) is 0 Å². The lowest BCUT2D eigenvalue weighted by molar-refractivity contribution is 1.15. The van der Waals surface area contributed by atoms with E-state index in [9.17, 15) is 5.26 Å². The summed E-state index contributed by atoms with van der Waals surface area (Å²) in [6.45, 7) is 8.67. The van der Waals surface area contributed by atoms with E-state index in [1.54, 1.807) is 11.3 Å². The number of fused-ring (bicyclic) bond motifs is 10. The van der Waals surface area contributed by atoms with Crippen molar-refractivity contribution in [2.45, 2.75) is 0 Å². The van der Waals surface area contributed by atoms with E-state index in [-0.39, 0.29) is 0 Å². The number of nitrogens with zero attached hydrogens (tertiary/aromatic N) is 6. The molecule has 0 N–H and O–H groups in total. The summed E-state index contributed by atoms with van der Waals surface area (Å²) in [7, 11) is 0. The van der Waals surface area contributed by atoms with Gasteiger partial charge in [-0.15, -0.1) is 11.3 Å². The number of hydrogen-bond acceptors (Lipinski definition) is 4. The fraction of sp³-hybridized carbons (Fsp3) is 0. The molecule has 282 valence electrons. The van der Waals surface area contributed by atoms with Crippen molar-refractivity contribution in [3.05, 3.63) is 199 Å². The van der Waals surface area contributed by atoms with Crippen LogP contribution in [0.2, 0.25) is 0 Å². The molecule has 0 fully saturated rings. The highest BCUT2D eigenvalue weighted by Gasteiger charge is 2.24. The van der Waals surface area contributed by atoms with Crippen molar-refractivity contribution in [2.75, 3.05) is 0 Å². The van der Waals surface area contributed by atoms with Gasteiger partial charge in [-0.25, -0.2) is 14.8 Å². The molecule has 8 aromatic carbocycles. The SMILES string of the molecule is [C-]#[N+]c1cc(-c2nc(-c3ccc4c(c3)sc3ccccc34)nc(-c3ccccc3)c2C#N)ccc1-n1c2ccccc2c2ccc3c4ccccc4n(-c4ccccc4)c3c21. The maximum Gasteiger partial charge on any atom is 0.211 e. The smallest absolute Gasteiger partial charge is 0.211 e. The summed E-state index contributed by atoms with van der Waals surface area (Å²) in [5.41, 5.74) is 10.2. The van der Waals surface area contributed by atoms with Gasteiger partial charge in [-0.1, -0.05) is 133 Å². The number of nitriles is 1. The minimum atomic E-state index is 0.354. The second-order valence-electron chi connectivity index (χ2n) is 15.1. The van der Waals surface area contributed by atoms with Gasteiger partial charge in [0.15, 0.2) is 5.82 Å². The molecule has 0 aliphatic carbocycles. The van der Waals surface area contributed by atoms with Crippen molar-refractivity contribution in [3.63, 3.8) is 0 Å². The zero-order chi connectivity index (χ0) is 40.6. The van der Waals surface area contributed by atoms with Crippen LogP contribution in [0.4, 0.5) is 5.69 Å². The number of hydrogen-bond donors (Lipinski definition) is 0. The highest BCUT2D eigenvalue weighted by Crippen LogP contribution is 2.44. The normalized spacial score (nSPS) is 11.6. The summed E-state index contributed by atoms with van der Waals surface area (Å²) in [5, 5.41) is 17.7. The molecule has 0 radical (unpaired) electrons. The van der Waals surface area contributed by atoms with Gasteiger partial charge < -0.3 is 9.13 Å². The third-order valence-electron chi connectivity index (χ3n) is 11.8. The predicted octanol–water partition coefficient (Wildman–Crippen LogP) is 14.5. The molecule has 12 aromatic rings. The van der Waals surface area contributed by atoms with Crippen molar-refractivity contribution < 1.29 is 0 Å². The Hall–Kier alpha value is -8.36. The Morgan fingerprint density at radius 3 is 1.75 bits per heavy atom. The zero-order valence-electron chi connectivity index (χ0n) is 32.4. The molecule has 0 aliphatic rings. The Morgan fingerprint density at radius 1 is 0.492 bits per heavy atom. The van der Waals surface area contributed by atoms with Crippen LogP contribution in [0.15, 0.2) is 182 Å². The molecule has 12 rings (SSSR count). The quantitative estimate of drug-likeness (QED) is 0.163. The van der Waals surface area contributed by atoms with E-state index in [0.717, 1.165) is 70.8 Å². The summed E-state index contributed by atoms with van der Waals surface area (Å²) >= 11 is 1.74. The largest absolute Gasteiger partial charge is 0.317 e. The van der Waals surface area contributed by atoms with Crippen LogP contribution in [0.1, 0.15) is 5.56 Å². The van der Waals surface area contributed by atoms with E-state index in [1.807, 2.05) is 54.6 Å². The second kappa shape index (κ2) is 13.6. The maximum absolute atomic E-state index is 10.9. The number of benzene rings is 8. The molecule has 0 unspecified atom stereocenters. The fourth-order valence-electron chi connectivity index (χ4n) is 9.12. The van der Waals surface area contributed by atoms with Gasteiger partial charge in [0, 0.05) is 58.5 Å². The van der Waals surface area contributed by atoms with Crippen molar-refractivity contribution in [3.8, 4) is 51.3 Å². The molecular weight excluding hydrogens is 765 g/mol. The first kappa shape index (κ1) is 34.7. The molecule has 0 spiro atoms. The first-order valence-electron chi connectivity index (χ1n) is 20.0. The lowest BCUT2D eigenvalue weighted by Crippen LogP contribution is -2.02. The Balaban J connectivity index is 1.11. The second-order valence-corrected chi connectivity index (χ2v) is 16.2. The lowest BCUT2D eigenvalue weighted by Gasteiger charge is -2.16. The van der Waals surface area contributed by atoms with Crippen LogP contribution in [0.25, 0.3) is 114 Å². The molecule has 0 bridgehead atoms. The average molecular weight is 795 g/mol. The minimum absolute atomic E-state index is 0.354. The first-order chi connectivity index (χ1) is 30.2. The van der Waals surface area contributed by atoms with Gasteiger partial charge in [0.2, 0.25) is 5.69 Å². The van der Waals surface area contributed by atoms with Gasteiger partial charge >= 0.3 is 0 Å². The Morgan fingerprint density at radius 2 is 1.05 bits per heavy atom. The summed E-state index contributed by atoms with van der Waals surface area (Å²) < 4.78 is 6.95. The predicted molar refractivity (Wildman–Crippen MR) is 251 cm³/mol. The van der Waals surface area contributed by atoms with Crippen LogP contribution in [0, 0.1) is 17.9 Å². The molecule has 0 atom stereocenters. The summed E-state index contributed by atoms with van der Waals surface area (Å²) in [6, 6.07) is 64.8. The topological polar surface area (TPSA) is 63.8 Å². The van der Waals surface area contributed by atoms with Crippen molar-refractivity contribution in [2.24, 2.45) is 0 Å². The Kier molecular flexibility index (Phi) is 7.73. The third kappa shape index (κ3) is 5.25. The summed E-state index contributed by atoms with van der Waals surface area (Å²) in [5.74, 6) is 0.513. The van der Waals surface area contributed by atoms with Gasteiger partial charge in [-0.2, -0.15) is 5.26 Å². The van der Waals surface area contributed by atoms with Crippen LogP contribution in [0.3, 0.4) is 0 Å². The third-order valence-corrected chi connectivity index (χ3v) is 12.9. The van der Waals surface area contributed by atoms with Crippen LogP contribution >= 0.6 is 11.3 Å². The molecule has 4 heterocycles. The van der Waals surface area contributed by atoms with Gasteiger partial charge in [-0.05, 0) is 54.1 Å². The molecule has 0 amide bonds. The van der Waals surface area contributed by atoms with Gasteiger partial charge in [-0.3, -0.25) is 0 Å². The molecular formula is C54H30N6S. The van der Waals surface area contributed by atoms with Crippen molar-refractivity contribution >= 4 is 80.8 Å². The molecule has 4 aromatic heterocycles. The van der Waals surface area contributed by atoms with E-state index >= 15 is 0 Å². The number of para-hydroxylation sites is 3. The van der Waals surface area contributed by atoms with E-state index in [4.69, 9.17) is 16.5 Å². The monoisotopic (exact) mass is 794 g/mol. The molecule has 61 heavy (non-hydrogen) atoms. The van der Waals surface area contributed by atoms with E-state index in [2.05, 4.69) is 147 Å². The van der Waals surface area contributed by atoms with E-state index in [1.165, 1.54) is 15.5 Å². The van der Waals surface area contributed by atoms with Gasteiger partial charge in [0.05, 0.1) is 45.7 Å². The lowest BCUT2D eigenvalue weighted by atomic mass is 9.99. The Bertz CT molecular complexity index is 3840. The minimum Gasteiger partial charge on any atom is -0.317 e. The van der Waals surface area contributed by atoms with Gasteiger partial charge in [0.25, 0.3) is 0 Å². The average Bonchev–Trinajstić information content (AvgIpc) is 3.99. The molecule has 0 saturated heterocycles. The van der Waals surface area contributed by atoms with Gasteiger partial charge in [0.1, 0.15) is 11.6 Å². The maximum atomic E-state index is 10.9. The molecule has 0 saturated carbocycles. The molecule has 0 aliphatic heterocycles. The standard InChI is InChI=1S/C54H30N6S/c1-56-44-30-34(51-43(32-55)50(33-14-4-2-5-15-33)57-54(58-51)35-24-26-40-39-20-10-13-23-48(39)61-49(40)31-35)25-29-47(44)60-46-22-12-9-19-38(46)42-28-27-41-37-18-8-11-21-45(37)59(52(41)53(42)60)36-16-6-3-7-17-36/h2-31H.